The monoisotopic (exact) mass is 220 g/mol. The molecule has 0 amide bonds. The molecule has 2 aromatic rings. The SMILES string of the molecule is Cn1cncc1C(NN)c1ccc(F)cc1. The number of halogens is 1. The van der Waals surface area contributed by atoms with E-state index in [1.54, 1.807) is 24.7 Å². The quantitative estimate of drug-likeness (QED) is 0.602. The lowest BCUT2D eigenvalue weighted by Gasteiger charge is -2.16. The first-order chi connectivity index (χ1) is 7.72. The summed E-state index contributed by atoms with van der Waals surface area (Å²) in [6.07, 6.45) is 3.43. The summed E-state index contributed by atoms with van der Waals surface area (Å²) in [7, 11) is 1.89. The molecule has 0 aliphatic carbocycles. The van der Waals surface area contributed by atoms with Gasteiger partial charge in [-0.25, -0.2) is 14.8 Å². The molecule has 1 atom stereocenters. The summed E-state index contributed by atoms with van der Waals surface area (Å²) in [5.74, 6) is 5.26. The van der Waals surface area contributed by atoms with Crippen molar-refractivity contribution in [3.63, 3.8) is 0 Å². The van der Waals surface area contributed by atoms with E-state index in [1.165, 1.54) is 12.1 Å². The molecule has 4 nitrogen and oxygen atoms in total. The summed E-state index contributed by atoms with van der Waals surface area (Å²) in [5, 5.41) is 0. The second kappa shape index (κ2) is 4.42. The molecule has 1 aromatic carbocycles. The molecule has 0 radical (unpaired) electrons. The highest BCUT2D eigenvalue weighted by molar-refractivity contribution is 5.27. The predicted octanol–water partition coefficient (Wildman–Crippen LogP) is 1.11. The maximum Gasteiger partial charge on any atom is 0.123 e. The van der Waals surface area contributed by atoms with Crippen LogP contribution in [0.2, 0.25) is 0 Å². The van der Waals surface area contributed by atoms with Gasteiger partial charge >= 0.3 is 0 Å². The third-order valence-electron chi connectivity index (χ3n) is 2.52. The highest BCUT2D eigenvalue weighted by Gasteiger charge is 2.15. The molecule has 0 aliphatic rings. The molecule has 0 bridgehead atoms. The van der Waals surface area contributed by atoms with Gasteiger partial charge in [-0.3, -0.25) is 5.84 Å². The molecular weight excluding hydrogens is 207 g/mol. The molecule has 0 spiro atoms. The van der Waals surface area contributed by atoms with Crippen LogP contribution >= 0.6 is 0 Å². The van der Waals surface area contributed by atoms with Gasteiger partial charge in [0.15, 0.2) is 0 Å². The fourth-order valence-corrected chi connectivity index (χ4v) is 1.65. The maximum absolute atomic E-state index is 12.8. The van der Waals surface area contributed by atoms with Crippen molar-refractivity contribution in [1.29, 1.82) is 0 Å². The van der Waals surface area contributed by atoms with Gasteiger partial charge in [0.05, 0.1) is 24.3 Å². The summed E-state index contributed by atoms with van der Waals surface area (Å²) < 4.78 is 14.7. The van der Waals surface area contributed by atoms with Crippen molar-refractivity contribution in [1.82, 2.24) is 15.0 Å². The smallest absolute Gasteiger partial charge is 0.123 e. The number of hydrogen-bond donors (Lipinski definition) is 2. The minimum Gasteiger partial charge on any atom is -0.336 e. The molecular formula is C11H13FN4. The Labute approximate surface area is 92.9 Å². The third kappa shape index (κ3) is 1.95. The van der Waals surface area contributed by atoms with E-state index in [0.717, 1.165) is 11.3 Å². The average molecular weight is 220 g/mol. The molecule has 84 valence electrons. The number of rotatable bonds is 3. The maximum atomic E-state index is 12.8. The van der Waals surface area contributed by atoms with Crippen LogP contribution in [-0.2, 0) is 7.05 Å². The summed E-state index contributed by atoms with van der Waals surface area (Å²) in [4.78, 5) is 4.03. The fraction of sp³-hybridized carbons (Fsp3) is 0.182. The summed E-state index contributed by atoms with van der Waals surface area (Å²) in [5.41, 5.74) is 4.52. The molecule has 1 aromatic heterocycles. The number of hydrogen-bond acceptors (Lipinski definition) is 3. The van der Waals surface area contributed by atoms with Crippen molar-refractivity contribution in [3.05, 3.63) is 53.9 Å². The highest BCUT2D eigenvalue weighted by Crippen LogP contribution is 2.20. The van der Waals surface area contributed by atoms with Crippen LogP contribution in [-0.4, -0.2) is 9.55 Å². The third-order valence-corrected chi connectivity index (χ3v) is 2.52. The van der Waals surface area contributed by atoms with Gasteiger partial charge in [0.25, 0.3) is 0 Å². The first-order valence-corrected chi connectivity index (χ1v) is 4.90. The average Bonchev–Trinajstić information content (AvgIpc) is 2.69. The van der Waals surface area contributed by atoms with Gasteiger partial charge in [-0.2, -0.15) is 0 Å². The van der Waals surface area contributed by atoms with E-state index < -0.39 is 0 Å². The number of nitrogens with zero attached hydrogens (tertiary/aromatic N) is 2. The molecule has 1 unspecified atom stereocenters. The van der Waals surface area contributed by atoms with Crippen LogP contribution in [0.1, 0.15) is 17.3 Å². The van der Waals surface area contributed by atoms with E-state index in [-0.39, 0.29) is 11.9 Å². The Kier molecular flexibility index (Phi) is 2.98. The standard InChI is InChI=1S/C11H13FN4/c1-16-7-14-6-10(16)11(15-13)8-2-4-9(12)5-3-8/h2-7,11,15H,13H2,1H3. The summed E-state index contributed by atoms with van der Waals surface area (Å²) >= 11 is 0. The van der Waals surface area contributed by atoms with Crippen molar-refractivity contribution < 1.29 is 4.39 Å². The molecule has 3 N–H and O–H groups in total. The van der Waals surface area contributed by atoms with Crippen molar-refractivity contribution in [2.24, 2.45) is 12.9 Å². The van der Waals surface area contributed by atoms with Gasteiger partial charge in [-0.1, -0.05) is 12.1 Å². The van der Waals surface area contributed by atoms with Crippen molar-refractivity contribution in [2.45, 2.75) is 6.04 Å². The number of imidazole rings is 1. The van der Waals surface area contributed by atoms with Crippen LogP contribution in [0.5, 0.6) is 0 Å². The molecule has 0 aliphatic heterocycles. The van der Waals surface area contributed by atoms with Crippen molar-refractivity contribution in [2.75, 3.05) is 0 Å². The normalized spacial score (nSPS) is 12.7. The Morgan fingerprint density at radius 2 is 2.06 bits per heavy atom. The van der Waals surface area contributed by atoms with Crippen LogP contribution in [0.25, 0.3) is 0 Å². The molecule has 0 saturated carbocycles. The molecule has 0 saturated heterocycles. The Morgan fingerprint density at radius 3 is 2.56 bits per heavy atom. The second-order valence-electron chi connectivity index (χ2n) is 3.58. The Morgan fingerprint density at radius 1 is 1.38 bits per heavy atom. The topological polar surface area (TPSA) is 55.9 Å². The Balaban J connectivity index is 2.37. The van der Waals surface area contributed by atoms with Crippen molar-refractivity contribution in [3.8, 4) is 0 Å². The van der Waals surface area contributed by atoms with E-state index in [2.05, 4.69) is 10.4 Å². The van der Waals surface area contributed by atoms with Gasteiger partial charge in [-0.15, -0.1) is 0 Å². The Bertz CT molecular complexity index is 463. The fourth-order valence-electron chi connectivity index (χ4n) is 1.65. The lowest BCUT2D eigenvalue weighted by Crippen LogP contribution is -2.30. The van der Waals surface area contributed by atoms with Crippen LogP contribution in [0, 0.1) is 5.82 Å². The molecule has 2 rings (SSSR count). The molecule has 16 heavy (non-hydrogen) atoms. The first-order valence-electron chi connectivity index (χ1n) is 4.90. The number of aromatic nitrogens is 2. The molecule has 0 fully saturated rings. The van der Waals surface area contributed by atoms with Crippen molar-refractivity contribution >= 4 is 0 Å². The summed E-state index contributed by atoms with van der Waals surface area (Å²) in [6, 6.07) is 6.04. The number of hydrazine groups is 1. The van der Waals surface area contributed by atoms with Crippen LogP contribution in [0.3, 0.4) is 0 Å². The van der Waals surface area contributed by atoms with Gasteiger partial charge in [0, 0.05) is 7.05 Å². The largest absolute Gasteiger partial charge is 0.336 e. The summed E-state index contributed by atoms with van der Waals surface area (Å²) in [6.45, 7) is 0. The van der Waals surface area contributed by atoms with Crippen LogP contribution < -0.4 is 11.3 Å². The van der Waals surface area contributed by atoms with E-state index in [0.29, 0.717) is 0 Å². The Hall–Kier alpha value is -1.72. The first kappa shape index (κ1) is 10.8. The van der Waals surface area contributed by atoms with Gasteiger partial charge in [-0.05, 0) is 17.7 Å². The minimum atomic E-state index is -0.260. The van der Waals surface area contributed by atoms with Gasteiger partial charge in [0.1, 0.15) is 5.82 Å². The zero-order valence-corrected chi connectivity index (χ0v) is 8.89. The van der Waals surface area contributed by atoms with E-state index in [1.807, 2.05) is 11.6 Å². The van der Waals surface area contributed by atoms with E-state index >= 15 is 0 Å². The van der Waals surface area contributed by atoms with E-state index in [4.69, 9.17) is 5.84 Å². The predicted molar refractivity (Wildman–Crippen MR) is 58.8 cm³/mol. The molecule has 5 heteroatoms. The number of aryl methyl sites for hydroxylation is 1. The number of nitrogens with two attached hydrogens (primary N) is 1. The van der Waals surface area contributed by atoms with Gasteiger partial charge in [0.2, 0.25) is 0 Å². The zero-order chi connectivity index (χ0) is 11.5. The number of benzene rings is 1. The lowest BCUT2D eigenvalue weighted by atomic mass is 10.0. The lowest BCUT2D eigenvalue weighted by molar-refractivity contribution is 0.591. The van der Waals surface area contributed by atoms with Crippen LogP contribution in [0.15, 0.2) is 36.8 Å². The van der Waals surface area contributed by atoms with Crippen LogP contribution in [0.4, 0.5) is 4.39 Å². The highest BCUT2D eigenvalue weighted by atomic mass is 19.1. The second-order valence-corrected chi connectivity index (χ2v) is 3.58. The zero-order valence-electron chi connectivity index (χ0n) is 8.89. The minimum absolute atomic E-state index is 0.187. The van der Waals surface area contributed by atoms with E-state index in [9.17, 15) is 4.39 Å². The number of nitrogens with one attached hydrogen (secondary N) is 1. The molecule has 1 heterocycles. The van der Waals surface area contributed by atoms with Gasteiger partial charge < -0.3 is 4.57 Å².